The predicted molar refractivity (Wildman–Crippen MR) is 69.8 cm³/mol. The zero-order valence-electron chi connectivity index (χ0n) is 10.8. The number of hydrogen-bond acceptors (Lipinski definition) is 4. The number of anilines is 1. The van der Waals surface area contributed by atoms with Crippen LogP contribution in [0.3, 0.4) is 0 Å². The monoisotopic (exact) mass is 252 g/mol. The Kier molecular flexibility index (Phi) is 5.09. The van der Waals surface area contributed by atoms with Crippen LogP contribution in [0.1, 0.15) is 37.2 Å². The highest BCUT2D eigenvalue weighted by atomic mass is 16.4. The van der Waals surface area contributed by atoms with Crippen molar-refractivity contribution >= 4 is 11.7 Å². The number of nitrogens with one attached hydrogen (secondary N) is 1. The van der Waals surface area contributed by atoms with Crippen LogP contribution in [-0.4, -0.2) is 34.3 Å². The Balaban J connectivity index is 2.57. The van der Waals surface area contributed by atoms with Gasteiger partial charge in [0, 0.05) is 25.0 Å². The molecule has 18 heavy (non-hydrogen) atoms. The number of carboxylic acid groups (broad SMARTS) is 1. The van der Waals surface area contributed by atoms with Gasteiger partial charge in [-0.15, -0.1) is 0 Å². The fourth-order valence-corrected chi connectivity index (χ4v) is 1.64. The SMILES string of the molecule is CC(C)(CCCO)CNc1ccnc(C(=O)O)c1. The molecule has 0 atom stereocenters. The second kappa shape index (κ2) is 6.35. The second-order valence-electron chi connectivity index (χ2n) is 5.08. The van der Waals surface area contributed by atoms with Crippen molar-refractivity contribution in [1.29, 1.82) is 0 Å². The lowest BCUT2D eigenvalue weighted by Gasteiger charge is -2.25. The van der Waals surface area contributed by atoms with Crippen molar-refractivity contribution in [3.8, 4) is 0 Å². The molecule has 0 aliphatic carbocycles. The smallest absolute Gasteiger partial charge is 0.354 e. The first-order valence-corrected chi connectivity index (χ1v) is 5.99. The van der Waals surface area contributed by atoms with Crippen LogP contribution in [-0.2, 0) is 0 Å². The molecule has 0 aliphatic heterocycles. The molecule has 0 saturated heterocycles. The summed E-state index contributed by atoms with van der Waals surface area (Å²) in [5.74, 6) is -1.03. The van der Waals surface area contributed by atoms with E-state index < -0.39 is 5.97 Å². The van der Waals surface area contributed by atoms with Crippen LogP contribution >= 0.6 is 0 Å². The number of aromatic nitrogens is 1. The molecule has 1 aromatic rings. The quantitative estimate of drug-likeness (QED) is 0.691. The maximum atomic E-state index is 10.8. The van der Waals surface area contributed by atoms with Gasteiger partial charge in [0.2, 0.25) is 0 Å². The lowest BCUT2D eigenvalue weighted by atomic mass is 9.88. The largest absolute Gasteiger partial charge is 0.477 e. The molecule has 5 heteroatoms. The van der Waals surface area contributed by atoms with E-state index in [-0.39, 0.29) is 17.7 Å². The molecule has 0 bridgehead atoms. The van der Waals surface area contributed by atoms with Crippen LogP contribution in [0.4, 0.5) is 5.69 Å². The average Bonchev–Trinajstić information content (AvgIpc) is 2.34. The summed E-state index contributed by atoms with van der Waals surface area (Å²) < 4.78 is 0. The third-order valence-electron chi connectivity index (χ3n) is 2.76. The summed E-state index contributed by atoms with van der Waals surface area (Å²) in [6.45, 7) is 5.13. The minimum Gasteiger partial charge on any atom is -0.477 e. The third-order valence-corrected chi connectivity index (χ3v) is 2.76. The fraction of sp³-hybridized carbons (Fsp3) is 0.538. The number of rotatable bonds is 7. The number of aliphatic hydroxyl groups excluding tert-OH is 1. The molecule has 100 valence electrons. The van der Waals surface area contributed by atoms with Crippen molar-refractivity contribution in [2.75, 3.05) is 18.5 Å². The minimum absolute atomic E-state index is 0.0353. The van der Waals surface area contributed by atoms with Crippen molar-refractivity contribution < 1.29 is 15.0 Å². The molecule has 0 radical (unpaired) electrons. The Labute approximate surface area is 107 Å². The number of carbonyl (C=O) groups is 1. The van der Waals surface area contributed by atoms with E-state index in [1.54, 1.807) is 6.07 Å². The highest BCUT2D eigenvalue weighted by Gasteiger charge is 2.17. The molecule has 0 saturated carbocycles. The second-order valence-corrected chi connectivity index (χ2v) is 5.08. The lowest BCUT2D eigenvalue weighted by Crippen LogP contribution is -2.23. The van der Waals surface area contributed by atoms with Gasteiger partial charge in [0.05, 0.1) is 0 Å². The summed E-state index contributed by atoms with van der Waals surface area (Å²) in [6.07, 6.45) is 3.16. The number of aromatic carboxylic acids is 1. The van der Waals surface area contributed by atoms with E-state index >= 15 is 0 Å². The molecule has 0 spiro atoms. The van der Waals surface area contributed by atoms with Crippen LogP contribution in [0, 0.1) is 5.41 Å². The zero-order valence-corrected chi connectivity index (χ0v) is 10.8. The summed E-state index contributed by atoms with van der Waals surface area (Å²) in [5, 5.41) is 20.9. The summed E-state index contributed by atoms with van der Waals surface area (Å²) in [4.78, 5) is 14.5. The van der Waals surface area contributed by atoms with E-state index in [0.29, 0.717) is 0 Å². The lowest BCUT2D eigenvalue weighted by molar-refractivity contribution is 0.0690. The van der Waals surface area contributed by atoms with Crippen LogP contribution in [0.25, 0.3) is 0 Å². The number of pyridine rings is 1. The molecule has 0 amide bonds. The predicted octanol–water partition coefficient (Wildman–Crippen LogP) is 1.99. The first-order valence-electron chi connectivity index (χ1n) is 5.99. The summed E-state index contributed by atoms with van der Waals surface area (Å²) in [6, 6.07) is 3.26. The molecular formula is C13H20N2O3. The van der Waals surface area contributed by atoms with Gasteiger partial charge in [0.15, 0.2) is 0 Å². The first kappa shape index (κ1) is 14.4. The van der Waals surface area contributed by atoms with Crippen molar-refractivity contribution in [1.82, 2.24) is 4.98 Å². The molecule has 0 fully saturated rings. The summed E-state index contributed by atoms with van der Waals surface area (Å²) >= 11 is 0. The van der Waals surface area contributed by atoms with Gasteiger partial charge in [-0.2, -0.15) is 0 Å². The average molecular weight is 252 g/mol. The molecule has 3 N–H and O–H groups in total. The molecular weight excluding hydrogens is 232 g/mol. The Morgan fingerprint density at radius 2 is 2.22 bits per heavy atom. The number of carboxylic acids is 1. The van der Waals surface area contributed by atoms with E-state index in [1.807, 2.05) is 0 Å². The van der Waals surface area contributed by atoms with Crippen LogP contribution in [0.2, 0.25) is 0 Å². The van der Waals surface area contributed by atoms with Crippen molar-refractivity contribution in [3.63, 3.8) is 0 Å². The molecule has 0 aliphatic rings. The van der Waals surface area contributed by atoms with Crippen molar-refractivity contribution in [2.45, 2.75) is 26.7 Å². The van der Waals surface area contributed by atoms with E-state index in [1.165, 1.54) is 12.3 Å². The molecule has 0 aromatic carbocycles. The van der Waals surface area contributed by atoms with Gasteiger partial charge < -0.3 is 15.5 Å². The molecule has 5 nitrogen and oxygen atoms in total. The van der Waals surface area contributed by atoms with Gasteiger partial charge in [-0.05, 0) is 30.4 Å². The Hall–Kier alpha value is -1.62. The van der Waals surface area contributed by atoms with Gasteiger partial charge in [-0.25, -0.2) is 9.78 Å². The highest BCUT2D eigenvalue weighted by Crippen LogP contribution is 2.22. The van der Waals surface area contributed by atoms with Crippen molar-refractivity contribution in [2.24, 2.45) is 5.41 Å². The molecule has 1 heterocycles. The molecule has 0 unspecified atom stereocenters. The van der Waals surface area contributed by atoms with Crippen LogP contribution in [0.15, 0.2) is 18.3 Å². The van der Waals surface area contributed by atoms with E-state index in [2.05, 4.69) is 24.1 Å². The maximum Gasteiger partial charge on any atom is 0.354 e. The Morgan fingerprint density at radius 1 is 1.50 bits per heavy atom. The number of aliphatic hydroxyl groups is 1. The minimum atomic E-state index is -1.03. The summed E-state index contributed by atoms with van der Waals surface area (Å²) in [7, 11) is 0. The van der Waals surface area contributed by atoms with E-state index in [0.717, 1.165) is 25.1 Å². The first-order chi connectivity index (χ1) is 8.44. The number of hydrogen-bond donors (Lipinski definition) is 3. The summed E-state index contributed by atoms with van der Waals surface area (Å²) in [5.41, 5.74) is 0.836. The van der Waals surface area contributed by atoms with E-state index in [4.69, 9.17) is 10.2 Å². The van der Waals surface area contributed by atoms with Gasteiger partial charge in [0.1, 0.15) is 5.69 Å². The van der Waals surface area contributed by atoms with Gasteiger partial charge in [-0.3, -0.25) is 0 Å². The Bertz CT molecular complexity index is 405. The third kappa shape index (κ3) is 4.71. The van der Waals surface area contributed by atoms with Crippen molar-refractivity contribution in [3.05, 3.63) is 24.0 Å². The Morgan fingerprint density at radius 3 is 2.83 bits per heavy atom. The molecule has 1 aromatic heterocycles. The van der Waals surface area contributed by atoms with Gasteiger partial charge >= 0.3 is 5.97 Å². The highest BCUT2D eigenvalue weighted by molar-refractivity contribution is 5.86. The maximum absolute atomic E-state index is 10.8. The standard InChI is InChI=1S/C13H20N2O3/c1-13(2,5-3-7-16)9-15-10-4-6-14-11(8-10)12(17)18/h4,6,8,16H,3,5,7,9H2,1-2H3,(H,14,15)(H,17,18). The zero-order chi connectivity index (χ0) is 13.6. The fourth-order valence-electron chi connectivity index (χ4n) is 1.64. The van der Waals surface area contributed by atoms with Crippen LogP contribution < -0.4 is 5.32 Å². The normalized spacial score (nSPS) is 11.3. The van der Waals surface area contributed by atoms with E-state index in [9.17, 15) is 4.79 Å². The van der Waals surface area contributed by atoms with Gasteiger partial charge in [0.25, 0.3) is 0 Å². The topological polar surface area (TPSA) is 82.5 Å². The number of nitrogens with zero attached hydrogens (tertiary/aromatic N) is 1. The van der Waals surface area contributed by atoms with Gasteiger partial charge in [-0.1, -0.05) is 13.8 Å². The van der Waals surface area contributed by atoms with Crippen LogP contribution in [0.5, 0.6) is 0 Å². The molecule has 1 rings (SSSR count).